The quantitative estimate of drug-likeness (QED) is 0.735. The molecule has 5 rings (SSSR count). The number of aromatic nitrogens is 2. The molecule has 1 saturated carbocycles. The molecule has 4 nitrogen and oxygen atoms in total. The number of hydrogen-bond donors (Lipinski definition) is 1. The predicted octanol–water partition coefficient (Wildman–Crippen LogP) is 4.70. The van der Waals surface area contributed by atoms with Crippen LogP contribution >= 0.6 is 0 Å². The zero-order valence-electron chi connectivity index (χ0n) is 14.9. The highest BCUT2D eigenvalue weighted by Gasteiger charge is 2.45. The molecule has 1 fully saturated rings. The molecule has 0 bridgehead atoms. The summed E-state index contributed by atoms with van der Waals surface area (Å²) in [4.78, 5) is 15.2. The number of amides is 1. The van der Waals surface area contributed by atoms with E-state index in [0.29, 0.717) is 5.69 Å². The lowest BCUT2D eigenvalue weighted by molar-refractivity contribution is 0.0660. The van der Waals surface area contributed by atoms with Crippen LogP contribution < -0.4 is 0 Å². The predicted molar refractivity (Wildman–Crippen MR) is 101 cm³/mol. The van der Waals surface area contributed by atoms with Gasteiger partial charge in [0.25, 0.3) is 5.91 Å². The largest absolute Gasteiger partial charge is 0.323 e. The molecule has 5 heteroatoms. The number of nitrogens with zero attached hydrogens (tertiary/aromatic N) is 2. The Kier molecular flexibility index (Phi) is 3.81. The van der Waals surface area contributed by atoms with Crippen molar-refractivity contribution in [1.82, 2.24) is 15.1 Å². The smallest absolute Gasteiger partial charge is 0.273 e. The van der Waals surface area contributed by atoms with E-state index in [2.05, 4.69) is 10.2 Å². The molecule has 27 heavy (non-hydrogen) atoms. The number of H-pyrrole nitrogens is 1. The minimum absolute atomic E-state index is 0.0270. The maximum atomic E-state index is 14.0. The Morgan fingerprint density at radius 3 is 2.56 bits per heavy atom. The van der Waals surface area contributed by atoms with Crippen LogP contribution in [-0.2, 0) is 0 Å². The Morgan fingerprint density at radius 1 is 1.04 bits per heavy atom. The van der Waals surface area contributed by atoms with E-state index in [-0.39, 0.29) is 23.8 Å². The molecule has 1 N–H and O–H groups in total. The first-order valence-corrected chi connectivity index (χ1v) is 9.46. The molecule has 2 aromatic carbocycles. The summed E-state index contributed by atoms with van der Waals surface area (Å²) in [7, 11) is 0. The van der Waals surface area contributed by atoms with Crippen LogP contribution in [0.4, 0.5) is 4.39 Å². The van der Waals surface area contributed by atoms with E-state index in [9.17, 15) is 9.18 Å². The van der Waals surface area contributed by atoms with Crippen LogP contribution in [0, 0.1) is 5.82 Å². The number of nitrogens with one attached hydrogen (secondary N) is 1. The first-order valence-electron chi connectivity index (χ1n) is 9.46. The summed E-state index contributed by atoms with van der Waals surface area (Å²) in [6.07, 6.45) is 4.25. The van der Waals surface area contributed by atoms with Gasteiger partial charge in [0.15, 0.2) is 0 Å². The van der Waals surface area contributed by atoms with Crippen LogP contribution in [0.25, 0.3) is 11.3 Å². The van der Waals surface area contributed by atoms with Crippen LogP contribution in [-0.4, -0.2) is 27.0 Å². The van der Waals surface area contributed by atoms with Gasteiger partial charge in [0.05, 0.1) is 11.7 Å². The van der Waals surface area contributed by atoms with Gasteiger partial charge in [-0.05, 0) is 30.5 Å². The molecule has 2 aliphatic rings. The number of rotatable bonds is 3. The van der Waals surface area contributed by atoms with Crippen LogP contribution in [0.2, 0.25) is 0 Å². The second-order valence-electron chi connectivity index (χ2n) is 7.34. The fourth-order valence-electron chi connectivity index (χ4n) is 4.54. The van der Waals surface area contributed by atoms with Crippen molar-refractivity contribution >= 4 is 5.91 Å². The first kappa shape index (κ1) is 16.2. The van der Waals surface area contributed by atoms with E-state index >= 15 is 0 Å². The zero-order chi connectivity index (χ0) is 18.4. The average Bonchev–Trinajstić information content (AvgIpc) is 3.40. The maximum Gasteiger partial charge on any atom is 0.273 e. The van der Waals surface area contributed by atoms with Crippen molar-refractivity contribution < 1.29 is 9.18 Å². The highest BCUT2D eigenvalue weighted by Crippen LogP contribution is 2.45. The van der Waals surface area contributed by atoms with Crippen LogP contribution in [0.15, 0.2) is 54.6 Å². The van der Waals surface area contributed by atoms with Gasteiger partial charge in [-0.1, -0.05) is 55.3 Å². The van der Waals surface area contributed by atoms with Gasteiger partial charge in [0.2, 0.25) is 0 Å². The van der Waals surface area contributed by atoms with Crippen molar-refractivity contribution in [1.29, 1.82) is 0 Å². The van der Waals surface area contributed by atoms with Gasteiger partial charge in [-0.25, -0.2) is 4.39 Å². The number of halogens is 1. The lowest BCUT2D eigenvalue weighted by Crippen LogP contribution is -2.37. The van der Waals surface area contributed by atoms with Crippen molar-refractivity contribution in [2.75, 3.05) is 0 Å². The fraction of sp³-hybridized carbons (Fsp3) is 0.273. The van der Waals surface area contributed by atoms with E-state index in [1.807, 2.05) is 41.3 Å². The van der Waals surface area contributed by atoms with Gasteiger partial charge in [0, 0.05) is 17.2 Å². The molecular weight excluding hydrogens is 341 g/mol. The molecule has 0 radical (unpaired) electrons. The van der Waals surface area contributed by atoms with E-state index in [1.54, 1.807) is 6.07 Å². The van der Waals surface area contributed by atoms with Crippen molar-refractivity contribution in [3.8, 4) is 11.3 Å². The number of carbonyl (C=O) groups is 1. The van der Waals surface area contributed by atoms with Crippen LogP contribution in [0.5, 0.6) is 0 Å². The van der Waals surface area contributed by atoms with E-state index in [0.717, 1.165) is 48.1 Å². The molecule has 1 aromatic heterocycles. The van der Waals surface area contributed by atoms with Crippen molar-refractivity contribution in [2.24, 2.45) is 0 Å². The number of benzene rings is 2. The maximum absolute atomic E-state index is 14.0. The molecule has 1 aliphatic carbocycles. The second kappa shape index (κ2) is 6.34. The normalized spacial score (nSPS) is 19.7. The van der Waals surface area contributed by atoms with E-state index in [1.165, 1.54) is 12.1 Å². The summed E-state index contributed by atoms with van der Waals surface area (Å²) in [5.41, 5.74) is 3.93. The second-order valence-corrected chi connectivity index (χ2v) is 7.34. The van der Waals surface area contributed by atoms with Crippen LogP contribution in [0.3, 0.4) is 0 Å². The summed E-state index contributed by atoms with van der Waals surface area (Å²) in [6.45, 7) is 0. The summed E-state index contributed by atoms with van der Waals surface area (Å²) in [5.74, 6) is -0.314. The van der Waals surface area contributed by atoms with Gasteiger partial charge < -0.3 is 4.90 Å². The minimum atomic E-state index is -0.305. The molecule has 1 unspecified atom stereocenters. The molecule has 1 aliphatic heterocycles. The van der Waals surface area contributed by atoms with Gasteiger partial charge in [-0.3, -0.25) is 9.89 Å². The topological polar surface area (TPSA) is 49.0 Å². The highest BCUT2D eigenvalue weighted by molar-refractivity contribution is 6.00. The third-order valence-electron chi connectivity index (χ3n) is 5.73. The number of carbonyl (C=O) groups excluding carboxylic acids is 1. The highest BCUT2D eigenvalue weighted by atomic mass is 19.1. The number of fused-ring (bicyclic) bond motifs is 1. The molecular formula is C22H20FN3O. The molecule has 0 spiro atoms. The number of hydrogen-bond acceptors (Lipinski definition) is 2. The number of aromatic amines is 1. The van der Waals surface area contributed by atoms with Crippen LogP contribution in [0.1, 0.15) is 53.3 Å². The first-order chi connectivity index (χ1) is 13.2. The van der Waals surface area contributed by atoms with Gasteiger partial charge >= 0.3 is 0 Å². The van der Waals surface area contributed by atoms with Crippen molar-refractivity contribution in [2.45, 2.75) is 37.8 Å². The summed E-state index contributed by atoms with van der Waals surface area (Å²) >= 11 is 0. The SMILES string of the molecule is O=C1c2[nH]nc(-c3ccccc3)c2C(c2cccc(F)c2)N1C1CCCC1. The molecule has 3 aromatic rings. The lowest BCUT2D eigenvalue weighted by atomic mass is 9.95. The lowest BCUT2D eigenvalue weighted by Gasteiger charge is -2.31. The zero-order valence-corrected chi connectivity index (χ0v) is 14.9. The molecule has 1 atom stereocenters. The Labute approximate surface area is 157 Å². The summed E-state index contributed by atoms with van der Waals surface area (Å²) in [6, 6.07) is 16.3. The Bertz CT molecular complexity index is 992. The Morgan fingerprint density at radius 2 is 1.81 bits per heavy atom. The summed E-state index contributed by atoms with van der Waals surface area (Å²) in [5, 5.41) is 7.42. The van der Waals surface area contributed by atoms with Crippen molar-refractivity contribution in [3.05, 3.63) is 77.2 Å². The molecule has 2 heterocycles. The summed E-state index contributed by atoms with van der Waals surface area (Å²) < 4.78 is 14.0. The Hall–Kier alpha value is -2.95. The van der Waals surface area contributed by atoms with E-state index in [4.69, 9.17) is 0 Å². The van der Waals surface area contributed by atoms with Crippen molar-refractivity contribution in [3.63, 3.8) is 0 Å². The van der Waals surface area contributed by atoms with E-state index < -0.39 is 0 Å². The fourth-order valence-corrected chi connectivity index (χ4v) is 4.54. The monoisotopic (exact) mass is 361 g/mol. The molecule has 1 amide bonds. The minimum Gasteiger partial charge on any atom is -0.323 e. The standard InChI is InChI=1S/C22H20FN3O/c23-16-10-6-9-15(13-16)21-18-19(14-7-2-1-3-8-14)24-25-20(18)22(27)26(21)17-11-4-5-12-17/h1-3,6-10,13,17,21H,4-5,11-12H2,(H,24,25). The molecule has 136 valence electrons. The van der Waals surface area contributed by atoms with Gasteiger partial charge in [-0.15, -0.1) is 0 Å². The third-order valence-corrected chi connectivity index (χ3v) is 5.73. The third kappa shape index (κ3) is 2.57. The average molecular weight is 361 g/mol. The Balaban J connectivity index is 1.70. The molecule has 0 saturated heterocycles. The van der Waals surface area contributed by atoms with Gasteiger partial charge in [0.1, 0.15) is 11.5 Å². The van der Waals surface area contributed by atoms with Gasteiger partial charge in [-0.2, -0.15) is 5.10 Å².